The number of benzene rings is 2. The van der Waals surface area contributed by atoms with Crippen molar-refractivity contribution < 1.29 is 18.9 Å². The van der Waals surface area contributed by atoms with Gasteiger partial charge in [-0.05, 0) is 0 Å². The molecule has 0 amide bonds. The van der Waals surface area contributed by atoms with E-state index in [2.05, 4.69) is 73.7 Å². The van der Waals surface area contributed by atoms with Gasteiger partial charge in [0, 0.05) is 0 Å². The van der Waals surface area contributed by atoms with Crippen molar-refractivity contribution >= 4 is 18.5 Å². The Hall–Kier alpha value is -0.533. The van der Waals surface area contributed by atoms with Crippen LogP contribution in [0.2, 0.25) is 0 Å². The summed E-state index contributed by atoms with van der Waals surface area (Å²) in [5, 5.41) is 2.84. The van der Waals surface area contributed by atoms with E-state index in [-0.39, 0.29) is 26.8 Å². The Morgan fingerprint density at radius 2 is 1.12 bits per heavy atom. The van der Waals surface area contributed by atoms with Crippen molar-refractivity contribution in [2.24, 2.45) is 0 Å². The van der Waals surface area contributed by atoms with Gasteiger partial charge in [0.1, 0.15) is 0 Å². The molecule has 0 aromatic heterocycles. The van der Waals surface area contributed by atoms with E-state index in [1.165, 1.54) is 10.6 Å². The van der Waals surface area contributed by atoms with Crippen molar-refractivity contribution in [3.05, 3.63) is 66.8 Å². The first-order valence-electron chi connectivity index (χ1n) is 5.10. The van der Waals surface area contributed by atoms with Gasteiger partial charge in [0.25, 0.3) is 0 Å². The largest absolute Gasteiger partial charge is 1.00 e. The van der Waals surface area contributed by atoms with Crippen LogP contribution in [0.1, 0.15) is 6.92 Å². The van der Waals surface area contributed by atoms with Crippen molar-refractivity contribution in [3.63, 3.8) is 0 Å². The molecule has 0 heterocycles. The van der Waals surface area contributed by atoms with Crippen LogP contribution in [-0.4, -0.2) is 0 Å². The Morgan fingerprint density at radius 3 is 1.44 bits per heavy atom. The van der Waals surface area contributed by atoms with E-state index in [0.29, 0.717) is 0 Å². The first kappa shape index (κ1) is 13.5. The first-order valence-corrected chi connectivity index (χ1v) is 6.51. The number of hydrogen-bond donors (Lipinski definition) is 0. The minimum absolute atomic E-state index is 0. The smallest absolute Gasteiger partial charge is 0.297 e. The van der Waals surface area contributed by atoms with E-state index >= 15 is 0 Å². The molecule has 16 heavy (non-hydrogen) atoms. The van der Waals surface area contributed by atoms with Crippen LogP contribution in [0.15, 0.2) is 60.7 Å². The number of rotatable bonds is 3. The maximum absolute atomic E-state index is 2.31. The molecule has 0 unspecified atom stereocenters. The third-order valence-corrected chi connectivity index (χ3v) is 4.55. The molecule has 0 fully saturated rings. The second kappa shape index (κ2) is 6.92. The van der Waals surface area contributed by atoms with Crippen molar-refractivity contribution in [2.75, 3.05) is 0 Å². The summed E-state index contributed by atoms with van der Waals surface area (Å²) in [7, 11) is -0.274. The first-order chi connectivity index (χ1) is 7.42. The molecule has 2 aromatic rings. The van der Waals surface area contributed by atoms with E-state index in [1.807, 2.05) is 0 Å². The van der Waals surface area contributed by atoms with Gasteiger partial charge in [-0.2, -0.15) is 6.92 Å². The third kappa shape index (κ3) is 3.23. The van der Waals surface area contributed by atoms with Crippen molar-refractivity contribution in [2.45, 2.75) is 6.92 Å². The van der Waals surface area contributed by atoms with Crippen LogP contribution in [-0.2, 0) is 0 Å². The van der Waals surface area contributed by atoms with Crippen LogP contribution in [0.4, 0.5) is 0 Å². The fourth-order valence-electron chi connectivity index (χ4n) is 1.62. The molecule has 0 radical (unpaired) electrons. The molecule has 76 valence electrons. The summed E-state index contributed by atoms with van der Waals surface area (Å²) in [6.45, 7) is 2.14. The standard InChI is InChI=1S/C14H14P.Li/c1-2-15(13-9-5-3-6-10-13)14-11-7-4-8-12-14;/h2-12H,1H3;/q-1;+1. The summed E-state index contributed by atoms with van der Waals surface area (Å²) in [5.74, 6) is 0. The minimum atomic E-state index is -0.274. The topological polar surface area (TPSA) is 0 Å². The molecule has 2 heteroatoms. The molecular formula is C14H14LiP. The van der Waals surface area contributed by atoms with Crippen LogP contribution in [0, 0.1) is 6.16 Å². The van der Waals surface area contributed by atoms with Crippen LogP contribution in [0.25, 0.3) is 0 Å². The monoisotopic (exact) mass is 220 g/mol. The molecule has 0 saturated heterocycles. The summed E-state index contributed by atoms with van der Waals surface area (Å²) in [6, 6.07) is 21.4. The SMILES string of the molecule is C[CH-]P(c1ccccc1)c1ccccc1.[Li+]. The van der Waals surface area contributed by atoms with Crippen molar-refractivity contribution in [3.8, 4) is 0 Å². The zero-order valence-electron chi connectivity index (χ0n) is 9.80. The zero-order chi connectivity index (χ0) is 10.5. The summed E-state index contributed by atoms with van der Waals surface area (Å²) < 4.78 is 0. The van der Waals surface area contributed by atoms with Gasteiger partial charge in [0.15, 0.2) is 0 Å². The molecule has 0 nitrogen and oxygen atoms in total. The average molecular weight is 220 g/mol. The van der Waals surface area contributed by atoms with Crippen LogP contribution in [0.3, 0.4) is 0 Å². The molecule has 0 bridgehead atoms. The van der Waals surface area contributed by atoms with Gasteiger partial charge < -0.3 is 0 Å². The predicted molar refractivity (Wildman–Crippen MR) is 69.0 cm³/mol. The zero-order valence-corrected chi connectivity index (χ0v) is 10.7. The maximum atomic E-state index is 2.31. The van der Waals surface area contributed by atoms with E-state index in [1.54, 1.807) is 0 Å². The summed E-state index contributed by atoms with van der Waals surface area (Å²) >= 11 is 0. The molecule has 2 rings (SSSR count). The van der Waals surface area contributed by atoms with E-state index < -0.39 is 0 Å². The third-order valence-electron chi connectivity index (χ3n) is 2.33. The molecule has 0 N–H and O–H groups in total. The molecule has 0 spiro atoms. The average Bonchev–Trinajstić information content (AvgIpc) is 2.33. The van der Waals surface area contributed by atoms with Crippen LogP contribution < -0.4 is 29.5 Å². The Balaban J connectivity index is 0.00000128. The van der Waals surface area contributed by atoms with E-state index in [9.17, 15) is 0 Å². The molecule has 2 aromatic carbocycles. The molecule has 0 aliphatic heterocycles. The van der Waals surface area contributed by atoms with Gasteiger partial charge in [-0.3, -0.25) is 6.16 Å². The fraction of sp³-hybridized carbons (Fsp3) is 0.0714. The van der Waals surface area contributed by atoms with Gasteiger partial charge in [-0.25, -0.2) is 7.92 Å². The van der Waals surface area contributed by atoms with Crippen molar-refractivity contribution in [1.29, 1.82) is 0 Å². The fourth-order valence-corrected chi connectivity index (χ4v) is 3.51. The predicted octanol–water partition coefficient (Wildman–Crippen LogP) is 0.305. The molecule has 0 atom stereocenters. The van der Waals surface area contributed by atoms with Gasteiger partial charge in [-0.1, -0.05) is 71.3 Å². The summed E-state index contributed by atoms with van der Waals surface area (Å²) in [6.07, 6.45) is 2.31. The van der Waals surface area contributed by atoms with Crippen molar-refractivity contribution in [1.82, 2.24) is 0 Å². The Bertz CT molecular complexity index is 360. The molecular weight excluding hydrogens is 206 g/mol. The minimum Gasteiger partial charge on any atom is -0.297 e. The molecule has 0 saturated carbocycles. The quantitative estimate of drug-likeness (QED) is 0.396. The Kier molecular flexibility index (Phi) is 5.86. The van der Waals surface area contributed by atoms with Crippen LogP contribution >= 0.6 is 7.92 Å². The van der Waals surface area contributed by atoms with Gasteiger partial charge in [-0.15, -0.1) is 0 Å². The van der Waals surface area contributed by atoms with E-state index in [4.69, 9.17) is 0 Å². The van der Waals surface area contributed by atoms with Gasteiger partial charge >= 0.3 is 18.9 Å². The Labute approximate surface area is 111 Å². The summed E-state index contributed by atoms with van der Waals surface area (Å²) in [5.41, 5.74) is 0. The Morgan fingerprint density at radius 1 is 0.750 bits per heavy atom. The molecule has 0 aliphatic carbocycles. The second-order valence-electron chi connectivity index (χ2n) is 3.30. The number of hydrogen-bond acceptors (Lipinski definition) is 0. The van der Waals surface area contributed by atoms with Gasteiger partial charge in [0.2, 0.25) is 0 Å². The van der Waals surface area contributed by atoms with E-state index in [0.717, 1.165) is 0 Å². The van der Waals surface area contributed by atoms with Gasteiger partial charge in [0.05, 0.1) is 0 Å². The van der Waals surface area contributed by atoms with Crippen LogP contribution in [0.5, 0.6) is 0 Å². The summed E-state index contributed by atoms with van der Waals surface area (Å²) in [4.78, 5) is 0. The molecule has 0 aliphatic rings. The normalized spacial score (nSPS) is 9.88. The maximum Gasteiger partial charge on any atom is 1.00 e. The second-order valence-corrected chi connectivity index (χ2v) is 5.59.